The summed E-state index contributed by atoms with van der Waals surface area (Å²) in [7, 11) is 0. The van der Waals surface area contributed by atoms with Gasteiger partial charge in [-0.25, -0.2) is 4.98 Å². The number of hydrogen-bond acceptors (Lipinski definition) is 5. The number of aromatic nitrogens is 1. The van der Waals surface area contributed by atoms with Crippen molar-refractivity contribution >= 4 is 23.0 Å². The molecule has 0 bridgehead atoms. The number of fused-ring (bicyclic) bond motifs is 1. The number of aryl methyl sites for hydroxylation is 1. The van der Waals surface area contributed by atoms with E-state index in [4.69, 9.17) is 10.2 Å². The number of ketones is 1. The number of nitrogens with two attached hydrogens (primary N) is 1. The summed E-state index contributed by atoms with van der Waals surface area (Å²) in [6, 6.07) is 3.69. The molecule has 5 nitrogen and oxygen atoms in total. The van der Waals surface area contributed by atoms with Gasteiger partial charge >= 0.3 is 0 Å². The SMILES string of the molecule is CCC1C(=O)CN(c2ccoc2)c2c(C)cc(N)nc21. The fourth-order valence-electron chi connectivity index (χ4n) is 2.86. The van der Waals surface area contributed by atoms with Crippen LogP contribution in [0.4, 0.5) is 17.2 Å². The van der Waals surface area contributed by atoms with E-state index < -0.39 is 0 Å². The molecule has 2 aromatic heterocycles. The molecule has 3 heterocycles. The zero-order valence-electron chi connectivity index (χ0n) is 11.6. The van der Waals surface area contributed by atoms with Gasteiger partial charge in [-0.3, -0.25) is 4.79 Å². The van der Waals surface area contributed by atoms with Gasteiger partial charge in [0.05, 0.1) is 35.8 Å². The van der Waals surface area contributed by atoms with E-state index in [0.717, 1.165) is 29.1 Å². The van der Waals surface area contributed by atoms with Gasteiger partial charge < -0.3 is 15.1 Å². The molecule has 0 aliphatic carbocycles. The first-order valence-corrected chi connectivity index (χ1v) is 6.71. The largest absolute Gasteiger partial charge is 0.470 e. The number of furan rings is 1. The Hall–Kier alpha value is -2.30. The first-order valence-electron chi connectivity index (χ1n) is 6.71. The number of carbonyl (C=O) groups is 1. The smallest absolute Gasteiger partial charge is 0.161 e. The number of Topliss-reactive ketones (excluding diaryl/α,β-unsaturated/α-hetero) is 1. The molecule has 0 amide bonds. The Balaban J connectivity index is 2.21. The van der Waals surface area contributed by atoms with Crippen molar-refractivity contribution < 1.29 is 9.21 Å². The van der Waals surface area contributed by atoms with Crippen molar-refractivity contribution in [2.45, 2.75) is 26.2 Å². The van der Waals surface area contributed by atoms with Crippen molar-refractivity contribution in [2.75, 3.05) is 17.2 Å². The number of rotatable bonds is 2. The summed E-state index contributed by atoms with van der Waals surface area (Å²) < 4.78 is 5.14. The van der Waals surface area contributed by atoms with E-state index in [9.17, 15) is 4.79 Å². The topological polar surface area (TPSA) is 72.4 Å². The van der Waals surface area contributed by atoms with Gasteiger partial charge in [-0.05, 0) is 25.0 Å². The van der Waals surface area contributed by atoms with Gasteiger partial charge in [-0.15, -0.1) is 0 Å². The van der Waals surface area contributed by atoms with E-state index in [-0.39, 0.29) is 11.7 Å². The van der Waals surface area contributed by atoms with Crippen LogP contribution in [0.2, 0.25) is 0 Å². The second kappa shape index (κ2) is 4.67. The van der Waals surface area contributed by atoms with Crippen molar-refractivity contribution in [2.24, 2.45) is 0 Å². The van der Waals surface area contributed by atoms with E-state index in [1.165, 1.54) is 0 Å². The van der Waals surface area contributed by atoms with Crippen LogP contribution in [0.15, 0.2) is 29.1 Å². The molecule has 104 valence electrons. The molecule has 0 radical (unpaired) electrons. The lowest BCUT2D eigenvalue weighted by atomic mass is 9.89. The first kappa shape index (κ1) is 12.7. The van der Waals surface area contributed by atoms with Gasteiger partial charge in [0.25, 0.3) is 0 Å². The summed E-state index contributed by atoms with van der Waals surface area (Å²) in [5.74, 6) is 0.454. The van der Waals surface area contributed by atoms with Crippen LogP contribution in [-0.2, 0) is 4.79 Å². The Bertz CT molecular complexity index is 649. The lowest BCUT2D eigenvalue weighted by Gasteiger charge is -2.34. The second-order valence-electron chi connectivity index (χ2n) is 5.09. The Labute approximate surface area is 117 Å². The third-order valence-electron chi connectivity index (χ3n) is 3.76. The maximum absolute atomic E-state index is 12.4. The number of anilines is 3. The minimum atomic E-state index is -0.171. The van der Waals surface area contributed by atoms with E-state index in [0.29, 0.717) is 12.4 Å². The Morgan fingerprint density at radius 2 is 2.35 bits per heavy atom. The van der Waals surface area contributed by atoms with Gasteiger partial charge in [0, 0.05) is 6.07 Å². The fraction of sp³-hybridized carbons (Fsp3) is 0.333. The molecule has 1 unspecified atom stereocenters. The summed E-state index contributed by atoms with van der Waals surface area (Å²) in [6.07, 6.45) is 3.98. The monoisotopic (exact) mass is 271 g/mol. The minimum absolute atomic E-state index is 0.165. The van der Waals surface area contributed by atoms with Gasteiger partial charge in [-0.1, -0.05) is 6.92 Å². The van der Waals surface area contributed by atoms with E-state index in [2.05, 4.69) is 4.98 Å². The van der Waals surface area contributed by atoms with Crippen LogP contribution < -0.4 is 10.6 Å². The van der Waals surface area contributed by atoms with Crippen LogP contribution in [0, 0.1) is 6.92 Å². The normalized spacial score (nSPS) is 18.2. The van der Waals surface area contributed by atoms with Crippen molar-refractivity contribution in [3.8, 4) is 0 Å². The first-order chi connectivity index (χ1) is 9.61. The summed E-state index contributed by atoms with van der Waals surface area (Å²) >= 11 is 0. The highest BCUT2D eigenvalue weighted by Gasteiger charge is 2.34. The molecule has 0 aromatic carbocycles. The Kier molecular flexibility index (Phi) is 2.97. The zero-order chi connectivity index (χ0) is 14.3. The van der Waals surface area contributed by atoms with Gasteiger partial charge in [-0.2, -0.15) is 0 Å². The van der Waals surface area contributed by atoms with Gasteiger partial charge in [0.2, 0.25) is 0 Å². The summed E-state index contributed by atoms with van der Waals surface area (Å²) in [6.45, 7) is 4.34. The molecule has 0 saturated heterocycles. The van der Waals surface area contributed by atoms with Crippen LogP contribution in [0.3, 0.4) is 0 Å². The van der Waals surface area contributed by atoms with Crippen molar-refractivity contribution in [3.63, 3.8) is 0 Å². The highest BCUT2D eigenvalue weighted by atomic mass is 16.3. The molecule has 0 fully saturated rings. The summed E-state index contributed by atoms with van der Waals surface area (Å²) in [5.41, 5.74) is 9.50. The molecule has 0 spiro atoms. The third kappa shape index (κ3) is 1.86. The van der Waals surface area contributed by atoms with E-state index >= 15 is 0 Å². The zero-order valence-corrected chi connectivity index (χ0v) is 11.6. The number of carbonyl (C=O) groups excluding carboxylic acids is 1. The third-order valence-corrected chi connectivity index (χ3v) is 3.76. The van der Waals surface area contributed by atoms with Crippen LogP contribution in [0.5, 0.6) is 0 Å². The van der Waals surface area contributed by atoms with Gasteiger partial charge in [0.1, 0.15) is 12.1 Å². The van der Waals surface area contributed by atoms with Crippen LogP contribution in [-0.4, -0.2) is 17.3 Å². The lowest BCUT2D eigenvalue weighted by molar-refractivity contribution is -0.119. The molecule has 5 heteroatoms. The van der Waals surface area contributed by atoms with Crippen molar-refractivity contribution in [1.82, 2.24) is 4.98 Å². The molecule has 2 aromatic rings. The molecule has 20 heavy (non-hydrogen) atoms. The Morgan fingerprint density at radius 3 is 3.00 bits per heavy atom. The standard InChI is InChI=1S/C15H17N3O2/c1-3-11-12(19)7-18(10-4-5-20-8-10)15-9(2)6-13(16)17-14(11)15/h4-6,8,11H,3,7H2,1-2H3,(H2,16,17). The molecule has 1 aliphatic heterocycles. The van der Waals surface area contributed by atoms with E-state index in [1.54, 1.807) is 12.5 Å². The predicted molar refractivity (Wildman–Crippen MR) is 77.1 cm³/mol. The summed E-state index contributed by atoms with van der Waals surface area (Å²) in [4.78, 5) is 18.7. The molecule has 1 atom stereocenters. The number of nitrogen functional groups attached to an aromatic ring is 1. The molecule has 3 rings (SSSR count). The highest BCUT2D eigenvalue weighted by molar-refractivity contribution is 5.96. The lowest BCUT2D eigenvalue weighted by Crippen LogP contribution is -2.36. The quantitative estimate of drug-likeness (QED) is 0.909. The van der Waals surface area contributed by atoms with Crippen LogP contribution in [0.25, 0.3) is 0 Å². The summed E-state index contributed by atoms with van der Waals surface area (Å²) in [5, 5.41) is 0. The molecule has 2 N–H and O–H groups in total. The molecule has 1 aliphatic rings. The minimum Gasteiger partial charge on any atom is -0.470 e. The average Bonchev–Trinajstić information content (AvgIpc) is 2.90. The van der Waals surface area contributed by atoms with E-state index in [1.807, 2.05) is 30.9 Å². The predicted octanol–water partition coefficient (Wildman–Crippen LogP) is 2.78. The average molecular weight is 271 g/mol. The van der Waals surface area contributed by atoms with Crippen LogP contribution in [0.1, 0.15) is 30.5 Å². The fourth-order valence-corrected chi connectivity index (χ4v) is 2.86. The number of pyridine rings is 1. The maximum atomic E-state index is 12.4. The number of hydrogen-bond donors (Lipinski definition) is 1. The molecular weight excluding hydrogens is 254 g/mol. The van der Waals surface area contributed by atoms with Gasteiger partial charge in [0.15, 0.2) is 5.78 Å². The van der Waals surface area contributed by atoms with Crippen molar-refractivity contribution in [1.29, 1.82) is 0 Å². The molecular formula is C15H17N3O2. The Morgan fingerprint density at radius 1 is 1.55 bits per heavy atom. The van der Waals surface area contributed by atoms with Crippen LogP contribution >= 0.6 is 0 Å². The maximum Gasteiger partial charge on any atom is 0.161 e. The number of nitrogens with zero attached hydrogens (tertiary/aromatic N) is 2. The molecule has 0 saturated carbocycles. The van der Waals surface area contributed by atoms with Crippen molar-refractivity contribution in [3.05, 3.63) is 35.9 Å². The second-order valence-corrected chi connectivity index (χ2v) is 5.09. The highest BCUT2D eigenvalue weighted by Crippen LogP contribution is 2.40.